The van der Waals surface area contributed by atoms with E-state index in [2.05, 4.69) is 5.28 Å². The Bertz CT molecular complexity index is 230. The van der Waals surface area contributed by atoms with Gasteiger partial charge in [-0.1, -0.05) is 0 Å². The van der Waals surface area contributed by atoms with Crippen LogP contribution in [0.1, 0.15) is 19.3 Å². The molecule has 0 saturated carbocycles. The topological polar surface area (TPSA) is 99.2 Å². The molecule has 1 aliphatic heterocycles. The van der Waals surface area contributed by atoms with Gasteiger partial charge in [-0.2, -0.15) is 0 Å². The van der Waals surface area contributed by atoms with Gasteiger partial charge in [-0.3, -0.25) is 0 Å². The van der Waals surface area contributed by atoms with Gasteiger partial charge in [0.15, 0.2) is 6.04 Å². The highest BCUT2D eigenvalue weighted by Gasteiger charge is 2.34. The van der Waals surface area contributed by atoms with Gasteiger partial charge in [-0.15, -0.1) is 5.01 Å². The first-order valence-corrected chi connectivity index (χ1v) is 3.98. The van der Waals surface area contributed by atoms with Gasteiger partial charge < -0.3 is 15.5 Å². The highest BCUT2D eigenvalue weighted by Crippen LogP contribution is 2.16. The fraction of sp³-hybridized carbons (Fsp3) is 0.833. The van der Waals surface area contributed by atoms with E-state index in [0.29, 0.717) is 13.0 Å². The summed E-state index contributed by atoms with van der Waals surface area (Å²) >= 11 is 0. The number of nitrogens with zero attached hydrogens (tertiary/aromatic N) is 3. The summed E-state index contributed by atoms with van der Waals surface area (Å²) in [5.74, 6) is -1.07. The molecule has 0 aromatic heterocycles. The Labute approximate surface area is 74.4 Å². The third kappa shape index (κ3) is 1.98. The van der Waals surface area contributed by atoms with Crippen LogP contribution in [0.2, 0.25) is 0 Å². The summed E-state index contributed by atoms with van der Waals surface area (Å²) in [4.78, 5) is 10.6. The van der Waals surface area contributed by atoms with Crippen molar-refractivity contribution in [1.82, 2.24) is 5.01 Å². The van der Waals surface area contributed by atoms with Gasteiger partial charge in [0.2, 0.25) is 5.28 Å². The number of hydrogen-bond donors (Lipinski definition) is 2. The Balaban J connectivity index is 2.73. The highest BCUT2D eigenvalue weighted by molar-refractivity contribution is 5.73. The number of piperidine rings is 1. The lowest BCUT2D eigenvalue weighted by atomic mass is 10.0. The van der Waals surface area contributed by atoms with E-state index in [1.165, 1.54) is 0 Å². The van der Waals surface area contributed by atoms with E-state index in [9.17, 15) is 10.0 Å². The summed E-state index contributed by atoms with van der Waals surface area (Å²) in [6.07, 6.45) is 1.91. The van der Waals surface area contributed by atoms with Crippen LogP contribution in [0.25, 0.3) is 0 Å². The van der Waals surface area contributed by atoms with Crippen molar-refractivity contribution in [2.75, 3.05) is 6.54 Å². The van der Waals surface area contributed by atoms with Crippen molar-refractivity contribution >= 4 is 5.97 Å². The molecule has 2 N–H and O–H groups in total. The first-order chi connectivity index (χ1) is 6.16. The zero-order valence-electron chi connectivity index (χ0n) is 6.96. The van der Waals surface area contributed by atoms with E-state index < -0.39 is 12.0 Å². The minimum atomic E-state index is -1.07. The van der Waals surface area contributed by atoms with Crippen LogP contribution in [-0.2, 0) is 4.79 Å². The van der Waals surface area contributed by atoms with Crippen LogP contribution >= 0.6 is 0 Å². The molecule has 0 amide bonds. The van der Waals surface area contributed by atoms with E-state index in [1.807, 2.05) is 0 Å². The number of aliphatic carboxylic acids is 1. The minimum absolute atomic E-state index is 0.0715. The lowest BCUT2D eigenvalue weighted by Gasteiger charge is -2.27. The highest BCUT2D eigenvalue weighted by atomic mass is 16.6. The van der Waals surface area contributed by atoms with Crippen LogP contribution < -0.4 is 0 Å². The Kier molecular flexibility index (Phi) is 2.88. The van der Waals surface area contributed by atoms with Gasteiger partial charge in [0, 0.05) is 0 Å². The lowest BCUT2D eigenvalue weighted by Crippen LogP contribution is -2.48. The van der Waals surface area contributed by atoms with Gasteiger partial charge in [-0.05, 0) is 19.3 Å². The Morgan fingerprint density at radius 1 is 1.62 bits per heavy atom. The molecule has 0 spiro atoms. The molecule has 1 saturated heterocycles. The Hall–Kier alpha value is -1.53. The molecule has 1 atom stereocenters. The van der Waals surface area contributed by atoms with Crippen LogP contribution in [0.5, 0.6) is 0 Å². The van der Waals surface area contributed by atoms with E-state index in [-0.39, 0.29) is 4.97 Å². The third-order valence-corrected chi connectivity index (χ3v) is 2.06. The van der Waals surface area contributed by atoms with E-state index in [1.54, 1.807) is 0 Å². The van der Waals surface area contributed by atoms with Gasteiger partial charge in [-0.25, -0.2) is 4.79 Å². The second-order valence-corrected chi connectivity index (χ2v) is 2.86. The third-order valence-electron chi connectivity index (χ3n) is 2.06. The van der Waals surface area contributed by atoms with Gasteiger partial charge in [0.05, 0.1) is 11.5 Å². The summed E-state index contributed by atoms with van der Waals surface area (Å²) in [7, 11) is 0. The number of carboxylic acid groups (broad SMARTS) is 1. The first kappa shape index (κ1) is 9.56. The number of rotatable bonds is 2. The van der Waals surface area contributed by atoms with E-state index >= 15 is 0 Å². The molecule has 0 aliphatic carbocycles. The van der Waals surface area contributed by atoms with Crippen molar-refractivity contribution in [3.05, 3.63) is 5.21 Å². The molecule has 0 aromatic carbocycles. The predicted octanol–water partition coefficient (Wildman–Crippen LogP) is 0.192. The van der Waals surface area contributed by atoms with Crippen molar-refractivity contribution in [2.24, 2.45) is 5.28 Å². The molecule has 74 valence electrons. The maximum Gasteiger partial charge on any atom is 0.332 e. The van der Waals surface area contributed by atoms with Crippen LogP contribution in [0.4, 0.5) is 0 Å². The number of hydrogen-bond acceptors (Lipinski definition) is 3. The van der Waals surface area contributed by atoms with E-state index in [0.717, 1.165) is 17.9 Å². The second-order valence-electron chi connectivity index (χ2n) is 2.86. The molecule has 0 radical (unpaired) electrons. The predicted molar refractivity (Wildman–Crippen MR) is 39.8 cm³/mol. The molecule has 0 bridgehead atoms. The minimum Gasteiger partial charge on any atom is -0.569 e. The normalized spacial score (nSPS) is 24.5. The molecular weight excluding hydrogens is 178 g/mol. The smallest absolute Gasteiger partial charge is 0.332 e. The molecular formula is C6H11N3O4. The molecule has 1 heterocycles. The van der Waals surface area contributed by atoms with Gasteiger partial charge >= 0.3 is 5.97 Å². The summed E-state index contributed by atoms with van der Waals surface area (Å²) in [5.41, 5.74) is 0. The Morgan fingerprint density at radius 2 is 2.31 bits per heavy atom. The van der Waals surface area contributed by atoms with Crippen molar-refractivity contribution < 1.29 is 20.1 Å². The van der Waals surface area contributed by atoms with Gasteiger partial charge in [0.25, 0.3) is 0 Å². The molecule has 1 unspecified atom stereocenters. The maximum absolute atomic E-state index is 10.8. The molecule has 0 aromatic rings. The standard InChI is InChI=1S/C6H11N3O4/c10-6(11)5-3-1-2-4-8(5)9(13)7-12/h5,12H,1-4H2,(H,10,11). The van der Waals surface area contributed by atoms with Crippen LogP contribution in [-0.4, -0.2) is 38.8 Å². The SMILES string of the molecule is O=C(O)C1CCCCN1[N+]([O-])=NO. The molecule has 13 heavy (non-hydrogen) atoms. The number of carboxylic acids is 1. The maximum atomic E-state index is 10.8. The fourth-order valence-electron chi connectivity index (χ4n) is 1.42. The van der Waals surface area contributed by atoms with Crippen LogP contribution in [0.3, 0.4) is 0 Å². The number of carbonyl (C=O) groups is 1. The quantitative estimate of drug-likeness (QED) is 0.367. The summed E-state index contributed by atoms with van der Waals surface area (Å²) < 4.78 is 0. The molecule has 1 rings (SSSR count). The zero-order chi connectivity index (χ0) is 9.84. The monoisotopic (exact) mass is 189 g/mol. The van der Waals surface area contributed by atoms with Crippen molar-refractivity contribution in [2.45, 2.75) is 25.3 Å². The van der Waals surface area contributed by atoms with Crippen LogP contribution in [0.15, 0.2) is 5.28 Å². The average molecular weight is 189 g/mol. The van der Waals surface area contributed by atoms with E-state index in [4.69, 9.17) is 10.3 Å². The van der Waals surface area contributed by atoms with Crippen molar-refractivity contribution in [1.29, 1.82) is 0 Å². The summed E-state index contributed by atoms with van der Waals surface area (Å²) in [5, 5.41) is 31.1. The second kappa shape index (κ2) is 3.92. The van der Waals surface area contributed by atoms with Gasteiger partial charge in [0.1, 0.15) is 0 Å². The van der Waals surface area contributed by atoms with Crippen molar-refractivity contribution in [3.63, 3.8) is 0 Å². The number of hydrazine groups is 1. The zero-order valence-corrected chi connectivity index (χ0v) is 6.96. The molecule has 1 aliphatic rings. The molecule has 1 fully saturated rings. The summed E-state index contributed by atoms with van der Waals surface area (Å²) in [6, 6.07) is -0.873. The summed E-state index contributed by atoms with van der Waals surface area (Å²) in [6.45, 7) is 0.310. The molecule has 7 nitrogen and oxygen atoms in total. The largest absolute Gasteiger partial charge is 0.569 e. The van der Waals surface area contributed by atoms with Crippen LogP contribution in [0, 0.1) is 5.21 Å². The van der Waals surface area contributed by atoms with Crippen molar-refractivity contribution in [3.8, 4) is 0 Å². The lowest BCUT2D eigenvalue weighted by molar-refractivity contribution is -0.716. The molecule has 7 heteroatoms. The Morgan fingerprint density at radius 3 is 2.85 bits per heavy atom. The first-order valence-electron chi connectivity index (χ1n) is 3.98. The average Bonchev–Trinajstić information content (AvgIpc) is 2.16. The fourth-order valence-corrected chi connectivity index (χ4v) is 1.42.